The molecule has 2 aromatic carbocycles. The summed E-state index contributed by atoms with van der Waals surface area (Å²) in [7, 11) is -3.07. The van der Waals surface area contributed by atoms with Gasteiger partial charge in [0.1, 0.15) is 5.75 Å². The molecule has 1 heterocycles. The van der Waals surface area contributed by atoms with Gasteiger partial charge in [-0.25, -0.2) is 8.42 Å². The van der Waals surface area contributed by atoms with Gasteiger partial charge in [-0.1, -0.05) is 38.1 Å². The van der Waals surface area contributed by atoms with E-state index < -0.39 is 9.84 Å². The number of benzene rings is 2. The summed E-state index contributed by atoms with van der Waals surface area (Å²) >= 11 is 0. The Morgan fingerprint density at radius 2 is 1.73 bits per heavy atom. The third-order valence-electron chi connectivity index (χ3n) is 5.10. The van der Waals surface area contributed by atoms with Gasteiger partial charge in [0.15, 0.2) is 16.4 Å². The van der Waals surface area contributed by atoms with Crippen LogP contribution in [-0.2, 0) is 14.6 Å². The van der Waals surface area contributed by atoms with Crippen LogP contribution in [0.4, 0.5) is 0 Å². The summed E-state index contributed by atoms with van der Waals surface area (Å²) in [6, 6.07) is 16.5. The Kier molecular flexibility index (Phi) is 6.78. The van der Waals surface area contributed by atoms with Crippen LogP contribution in [0.15, 0.2) is 48.5 Å². The van der Waals surface area contributed by atoms with Crippen molar-refractivity contribution in [2.75, 3.05) is 24.7 Å². The van der Waals surface area contributed by atoms with Crippen LogP contribution in [0.5, 0.6) is 5.75 Å². The number of carbonyl (C=O) groups is 1. The Labute approximate surface area is 178 Å². The van der Waals surface area contributed by atoms with Crippen molar-refractivity contribution in [2.24, 2.45) is 5.92 Å². The van der Waals surface area contributed by atoms with E-state index in [-0.39, 0.29) is 36.0 Å². The third kappa shape index (κ3) is 5.61. The van der Waals surface area contributed by atoms with Crippen molar-refractivity contribution >= 4 is 15.7 Å². The normalized spacial score (nSPS) is 17.5. The molecular weight excluding hydrogens is 400 g/mol. The number of rotatable bonds is 7. The van der Waals surface area contributed by atoms with E-state index in [1.54, 1.807) is 29.2 Å². The van der Waals surface area contributed by atoms with Gasteiger partial charge in [0.2, 0.25) is 0 Å². The van der Waals surface area contributed by atoms with Crippen molar-refractivity contribution in [3.05, 3.63) is 54.1 Å². The quantitative estimate of drug-likeness (QED) is 0.678. The van der Waals surface area contributed by atoms with Crippen molar-refractivity contribution in [1.82, 2.24) is 4.90 Å². The largest absolute Gasteiger partial charge is 0.484 e. The van der Waals surface area contributed by atoms with Gasteiger partial charge in [-0.3, -0.25) is 4.79 Å². The second-order valence-corrected chi connectivity index (χ2v) is 10.2. The molecule has 1 fully saturated rings. The summed E-state index contributed by atoms with van der Waals surface area (Å²) in [5, 5.41) is 8.89. The average molecular weight is 427 g/mol. The van der Waals surface area contributed by atoms with E-state index in [1.165, 1.54) is 0 Å². The van der Waals surface area contributed by atoms with E-state index in [0.717, 1.165) is 11.1 Å². The topological polar surface area (TPSA) is 87.5 Å². The molecule has 1 amide bonds. The molecule has 30 heavy (non-hydrogen) atoms. The maximum Gasteiger partial charge on any atom is 0.260 e. The summed E-state index contributed by atoms with van der Waals surface area (Å²) in [5.74, 6) is 0.789. The van der Waals surface area contributed by atoms with Crippen molar-refractivity contribution in [2.45, 2.75) is 26.3 Å². The molecule has 0 aliphatic carbocycles. The number of carbonyl (C=O) groups excluding carboxylic acids is 1. The molecule has 0 aromatic heterocycles. The van der Waals surface area contributed by atoms with Crippen LogP contribution in [0.1, 0.15) is 25.8 Å². The highest BCUT2D eigenvalue weighted by molar-refractivity contribution is 7.91. The van der Waals surface area contributed by atoms with Crippen molar-refractivity contribution in [3.63, 3.8) is 0 Å². The first-order chi connectivity index (χ1) is 14.3. The summed E-state index contributed by atoms with van der Waals surface area (Å²) in [6.45, 7) is 4.40. The minimum absolute atomic E-state index is 0.0325. The lowest BCUT2D eigenvalue weighted by Gasteiger charge is -2.29. The predicted octanol–water partition coefficient (Wildman–Crippen LogP) is 3.28. The van der Waals surface area contributed by atoms with Crippen LogP contribution in [0.25, 0.3) is 11.1 Å². The van der Waals surface area contributed by atoms with Gasteiger partial charge in [0.05, 0.1) is 23.1 Å². The van der Waals surface area contributed by atoms with Crippen molar-refractivity contribution in [1.29, 1.82) is 5.26 Å². The average Bonchev–Trinajstić information content (AvgIpc) is 3.10. The summed E-state index contributed by atoms with van der Waals surface area (Å²) in [5.41, 5.74) is 2.58. The molecule has 0 unspecified atom stereocenters. The number of hydrogen-bond acceptors (Lipinski definition) is 5. The third-order valence-corrected chi connectivity index (χ3v) is 6.85. The number of nitriles is 1. The standard InChI is InChI=1S/C23H26N2O4S/c1-17(2)14-25(21-11-12-30(27,28)16-21)23(26)15-29-22-9-7-20(8-10-22)19-5-3-18(13-24)4-6-19/h3-10,17,21H,11-12,14-16H2,1-2H3/t21-/m0/s1. The molecule has 3 rings (SSSR count). The minimum atomic E-state index is -3.07. The van der Waals surface area contributed by atoms with E-state index in [4.69, 9.17) is 10.00 Å². The Morgan fingerprint density at radius 3 is 2.23 bits per heavy atom. The number of sulfone groups is 1. The number of amides is 1. The van der Waals surface area contributed by atoms with Crippen LogP contribution in [0, 0.1) is 17.2 Å². The SMILES string of the molecule is CC(C)CN(C(=O)COc1ccc(-c2ccc(C#N)cc2)cc1)[C@H]1CCS(=O)(=O)C1. The molecule has 1 aliphatic heterocycles. The zero-order chi connectivity index (χ0) is 21.7. The zero-order valence-electron chi connectivity index (χ0n) is 17.2. The fourth-order valence-electron chi connectivity index (χ4n) is 3.58. The van der Waals surface area contributed by atoms with Crippen LogP contribution in [-0.4, -0.2) is 49.9 Å². The number of hydrogen-bond donors (Lipinski definition) is 0. The molecule has 0 bridgehead atoms. The lowest BCUT2D eigenvalue weighted by atomic mass is 10.0. The Balaban J connectivity index is 1.62. The molecule has 1 atom stereocenters. The van der Waals surface area contributed by atoms with E-state index in [2.05, 4.69) is 6.07 Å². The monoisotopic (exact) mass is 426 g/mol. The maximum absolute atomic E-state index is 12.8. The molecular formula is C23H26N2O4S. The highest BCUT2D eigenvalue weighted by Gasteiger charge is 2.34. The van der Waals surface area contributed by atoms with Gasteiger partial charge in [-0.15, -0.1) is 0 Å². The molecule has 0 N–H and O–H groups in total. The van der Waals surface area contributed by atoms with Gasteiger partial charge in [-0.2, -0.15) is 5.26 Å². The smallest absolute Gasteiger partial charge is 0.260 e. The van der Waals surface area contributed by atoms with Gasteiger partial charge in [-0.05, 0) is 47.7 Å². The van der Waals surface area contributed by atoms with Gasteiger partial charge in [0.25, 0.3) is 5.91 Å². The lowest BCUT2D eigenvalue weighted by Crippen LogP contribution is -2.45. The zero-order valence-corrected chi connectivity index (χ0v) is 18.1. The number of ether oxygens (including phenoxy) is 1. The molecule has 1 saturated heterocycles. The molecule has 2 aromatic rings. The molecule has 158 valence electrons. The lowest BCUT2D eigenvalue weighted by molar-refractivity contribution is -0.135. The molecule has 0 spiro atoms. The summed E-state index contributed by atoms with van der Waals surface area (Å²) in [4.78, 5) is 14.4. The fraction of sp³-hybridized carbons (Fsp3) is 0.391. The highest BCUT2D eigenvalue weighted by Crippen LogP contribution is 2.23. The van der Waals surface area contributed by atoms with Crippen LogP contribution in [0.3, 0.4) is 0 Å². The first kappa shape index (κ1) is 21.8. The maximum atomic E-state index is 12.8. The van der Waals surface area contributed by atoms with Crippen LogP contribution < -0.4 is 4.74 Å². The predicted molar refractivity (Wildman–Crippen MR) is 116 cm³/mol. The molecule has 0 saturated carbocycles. The first-order valence-electron chi connectivity index (χ1n) is 10.0. The van der Waals surface area contributed by atoms with Crippen molar-refractivity contribution in [3.8, 4) is 22.9 Å². The van der Waals surface area contributed by atoms with Gasteiger partial charge >= 0.3 is 0 Å². The Bertz CT molecular complexity index is 1020. The summed E-state index contributed by atoms with van der Waals surface area (Å²) < 4.78 is 29.4. The first-order valence-corrected chi connectivity index (χ1v) is 11.8. The van der Waals surface area contributed by atoms with E-state index >= 15 is 0 Å². The molecule has 0 radical (unpaired) electrons. The van der Waals surface area contributed by atoms with Crippen LogP contribution >= 0.6 is 0 Å². The molecule has 6 nitrogen and oxygen atoms in total. The van der Waals surface area contributed by atoms with E-state index in [0.29, 0.717) is 24.3 Å². The van der Waals surface area contributed by atoms with Crippen molar-refractivity contribution < 1.29 is 17.9 Å². The number of nitrogens with zero attached hydrogens (tertiary/aromatic N) is 2. The Hall–Kier alpha value is -2.85. The van der Waals surface area contributed by atoms with Gasteiger partial charge < -0.3 is 9.64 Å². The second kappa shape index (κ2) is 9.31. The van der Waals surface area contributed by atoms with E-state index in [1.807, 2.05) is 38.1 Å². The highest BCUT2D eigenvalue weighted by atomic mass is 32.2. The fourth-order valence-corrected chi connectivity index (χ4v) is 5.31. The molecule has 7 heteroatoms. The van der Waals surface area contributed by atoms with E-state index in [9.17, 15) is 13.2 Å². The van der Waals surface area contributed by atoms with Gasteiger partial charge in [0, 0.05) is 12.6 Å². The summed E-state index contributed by atoms with van der Waals surface area (Å²) in [6.07, 6.45) is 0.486. The Morgan fingerprint density at radius 1 is 1.13 bits per heavy atom. The van der Waals surface area contributed by atoms with Crippen LogP contribution in [0.2, 0.25) is 0 Å². The second-order valence-electron chi connectivity index (χ2n) is 8.00. The molecule has 1 aliphatic rings. The minimum Gasteiger partial charge on any atom is -0.484 e.